The van der Waals surface area contributed by atoms with Gasteiger partial charge in [-0.25, -0.2) is 0 Å². The summed E-state index contributed by atoms with van der Waals surface area (Å²) in [4.78, 5) is 2.53. The fourth-order valence-corrected chi connectivity index (χ4v) is 2.84. The van der Waals surface area contributed by atoms with Crippen LogP contribution in [0.2, 0.25) is 0 Å². The summed E-state index contributed by atoms with van der Waals surface area (Å²) in [5.41, 5.74) is 2.70. The van der Waals surface area contributed by atoms with Crippen molar-refractivity contribution in [1.29, 1.82) is 0 Å². The molecular formula is C17H28N2O. The highest BCUT2D eigenvalue weighted by atomic mass is 16.5. The third kappa shape index (κ3) is 4.58. The molecule has 1 aromatic rings. The zero-order valence-corrected chi connectivity index (χ0v) is 13.1. The number of benzene rings is 1. The normalized spacial score (nSPS) is 22.4. The second-order valence-corrected chi connectivity index (χ2v) is 5.82. The number of nitrogens with zero attached hydrogens (tertiary/aromatic N) is 1. The predicted octanol–water partition coefficient (Wildman–Crippen LogP) is 2.76. The van der Waals surface area contributed by atoms with Crippen LogP contribution in [0, 0.1) is 6.92 Å². The van der Waals surface area contributed by atoms with Crippen LogP contribution in [0.5, 0.6) is 0 Å². The number of likely N-dealkylation sites (N-methyl/N-ethyl adjacent to an activating group) is 1. The molecule has 1 saturated heterocycles. The van der Waals surface area contributed by atoms with E-state index in [-0.39, 0.29) is 0 Å². The molecule has 2 unspecified atom stereocenters. The summed E-state index contributed by atoms with van der Waals surface area (Å²) in [6.45, 7) is 11.6. The molecule has 1 aliphatic rings. The van der Waals surface area contributed by atoms with Gasteiger partial charge in [0.15, 0.2) is 0 Å². The molecule has 112 valence electrons. The maximum atomic E-state index is 5.73. The molecule has 3 heteroatoms. The van der Waals surface area contributed by atoms with Crippen molar-refractivity contribution in [3.8, 4) is 0 Å². The van der Waals surface area contributed by atoms with Gasteiger partial charge in [0.25, 0.3) is 0 Å². The van der Waals surface area contributed by atoms with Crippen LogP contribution >= 0.6 is 0 Å². The van der Waals surface area contributed by atoms with Gasteiger partial charge in [0, 0.05) is 32.3 Å². The maximum Gasteiger partial charge on any atom is 0.0673 e. The third-order valence-electron chi connectivity index (χ3n) is 3.91. The second-order valence-electron chi connectivity index (χ2n) is 5.82. The molecule has 1 N–H and O–H groups in total. The molecule has 3 nitrogen and oxygen atoms in total. The molecule has 0 amide bonds. The lowest BCUT2D eigenvalue weighted by atomic mass is 10.0. The minimum Gasteiger partial charge on any atom is -0.377 e. The summed E-state index contributed by atoms with van der Waals surface area (Å²) in [5.74, 6) is 0. The molecule has 0 aliphatic carbocycles. The van der Waals surface area contributed by atoms with Gasteiger partial charge >= 0.3 is 0 Å². The van der Waals surface area contributed by atoms with E-state index in [1.165, 1.54) is 11.1 Å². The number of aryl methyl sites for hydroxylation is 1. The van der Waals surface area contributed by atoms with Gasteiger partial charge in [0.2, 0.25) is 0 Å². The molecule has 1 aliphatic heterocycles. The van der Waals surface area contributed by atoms with Gasteiger partial charge < -0.3 is 10.1 Å². The van der Waals surface area contributed by atoms with Crippen LogP contribution in [0.25, 0.3) is 0 Å². The van der Waals surface area contributed by atoms with Crippen molar-refractivity contribution >= 4 is 0 Å². The first-order valence-corrected chi connectivity index (χ1v) is 7.83. The zero-order chi connectivity index (χ0) is 14.4. The summed E-state index contributed by atoms with van der Waals surface area (Å²) in [6, 6.07) is 9.31. The number of rotatable bonds is 5. The molecule has 0 aromatic heterocycles. The lowest BCUT2D eigenvalue weighted by molar-refractivity contribution is 0.0664. The Bertz CT molecular complexity index is 390. The molecule has 2 rings (SSSR count). The Morgan fingerprint density at radius 1 is 1.35 bits per heavy atom. The van der Waals surface area contributed by atoms with Crippen LogP contribution in [0.3, 0.4) is 0 Å². The number of hydrogen-bond donors (Lipinski definition) is 1. The van der Waals surface area contributed by atoms with E-state index < -0.39 is 0 Å². The molecular weight excluding hydrogens is 248 g/mol. The number of nitrogens with one attached hydrogen (secondary N) is 1. The number of ether oxygens (including phenoxy) is 1. The van der Waals surface area contributed by atoms with E-state index in [1.54, 1.807) is 0 Å². The van der Waals surface area contributed by atoms with E-state index in [0.717, 1.165) is 39.2 Å². The fourth-order valence-electron chi connectivity index (χ4n) is 2.84. The van der Waals surface area contributed by atoms with Crippen LogP contribution in [0.1, 0.15) is 37.4 Å². The van der Waals surface area contributed by atoms with Crippen molar-refractivity contribution in [2.75, 3.05) is 32.8 Å². The van der Waals surface area contributed by atoms with Crippen LogP contribution in [0.15, 0.2) is 24.3 Å². The SMILES string of the molecule is CCNC(CN1CCCOC(C)C1)c1ccc(C)cc1. The molecule has 20 heavy (non-hydrogen) atoms. The Labute approximate surface area is 123 Å². The monoisotopic (exact) mass is 276 g/mol. The molecule has 1 aromatic carbocycles. The Morgan fingerprint density at radius 3 is 2.80 bits per heavy atom. The van der Waals surface area contributed by atoms with Gasteiger partial charge in [-0.2, -0.15) is 0 Å². The fraction of sp³-hybridized carbons (Fsp3) is 0.647. The first kappa shape index (κ1) is 15.5. The van der Waals surface area contributed by atoms with Crippen molar-refractivity contribution < 1.29 is 4.74 Å². The molecule has 0 spiro atoms. The van der Waals surface area contributed by atoms with Crippen LogP contribution in [-0.4, -0.2) is 43.8 Å². The van der Waals surface area contributed by atoms with Gasteiger partial charge in [0.05, 0.1) is 6.10 Å². The van der Waals surface area contributed by atoms with E-state index in [0.29, 0.717) is 12.1 Å². The van der Waals surface area contributed by atoms with E-state index in [9.17, 15) is 0 Å². The standard InChI is InChI=1S/C17H28N2O/c1-4-18-17(16-8-6-14(2)7-9-16)13-19-10-5-11-20-15(3)12-19/h6-9,15,17-18H,4-5,10-13H2,1-3H3. The first-order chi connectivity index (χ1) is 9.69. The van der Waals surface area contributed by atoms with Gasteiger partial charge in [0.1, 0.15) is 0 Å². The van der Waals surface area contributed by atoms with Crippen molar-refractivity contribution in [1.82, 2.24) is 10.2 Å². The average Bonchev–Trinajstić information content (AvgIpc) is 2.63. The molecule has 2 atom stereocenters. The number of hydrogen-bond acceptors (Lipinski definition) is 3. The lowest BCUT2D eigenvalue weighted by Crippen LogP contribution is -2.38. The summed E-state index contributed by atoms with van der Waals surface area (Å²) < 4.78 is 5.73. The minimum atomic E-state index is 0.345. The molecule has 0 bridgehead atoms. The Balaban J connectivity index is 2.02. The molecule has 1 fully saturated rings. The van der Waals surface area contributed by atoms with Gasteiger partial charge in [-0.1, -0.05) is 36.8 Å². The van der Waals surface area contributed by atoms with Crippen LogP contribution in [0.4, 0.5) is 0 Å². The first-order valence-electron chi connectivity index (χ1n) is 7.83. The smallest absolute Gasteiger partial charge is 0.0673 e. The van der Waals surface area contributed by atoms with Crippen LogP contribution in [-0.2, 0) is 4.74 Å². The van der Waals surface area contributed by atoms with Crippen LogP contribution < -0.4 is 5.32 Å². The van der Waals surface area contributed by atoms with Gasteiger partial charge in [-0.3, -0.25) is 4.90 Å². The highest BCUT2D eigenvalue weighted by Gasteiger charge is 2.19. The lowest BCUT2D eigenvalue weighted by Gasteiger charge is -2.28. The zero-order valence-electron chi connectivity index (χ0n) is 13.1. The second kappa shape index (κ2) is 7.77. The van der Waals surface area contributed by atoms with E-state index in [4.69, 9.17) is 4.74 Å². The summed E-state index contributed by atoms with van der Waals surface area (Å²) in [7, 11) is 0. The van der Waals surface area contributed by atoms with Crippen molar-refractivity contribution in [3.05, 3.63) is 35.4 Å². The van der Waals surface area contributed by atoms with Gasteiger partial charge in [-0.05, 0) is 32.4 Å². The van der Waals surface area contributed by atoms with Gasteiger partial charge in [-0.15, -0.1) is 0 Å². The van der Waals surface area contributed by atoms with E-state index in [2.05, 4.69) is 55.3 Å². The van der Waals surface area contributed by atoms with E-state index in [1.807, 2.05) is 0 Å². The minimum absolute atomic E-state index is 0.345. The Kier molecular flexibility index (Phi) is 6.02. The van der Waals surface area contributed by atoms with Crippen molar-refractivity contribution in [3.63, 3.8) is 0 Å². The summed E-state index contributed by atoms with van der Waals surface area (Å²) in [5, 5.41) is 3.62. The largest absolute Gasteiger partial charge is 0.377 e. The molecule has 0 saturated carbocycles. The van der Waals surface area contributed by atoms with Crippen molar-refractivity contribution in [2.45, 2.75) is 39.3 Å². The average molecular weight is 276 g/mol. The third-order valence-corrected chi connectivity index (χ3v) is 3.91. The predicted molar refractivity (Wildman–Crippen MR) is 84.1 cm³/mol. The highest BCUT2D eigenvalue weighted by molar-refractivity contribution is 5.24. The molecule has 1 heterocycles. The Morgan fingerprint density at radius 2 is 2.10 bits per heavy atom. The summed E-state index contributed by atoms with van der Waals surface area (Å²) >= 11 is 0. The molecule has 0 radical (unpaired) electrons. The Hall–Kier alpha value is -0.900. The topological polar surface area (TPSA) is 24.5 Å². The van der Waals surface area contributed by atoms with Crippen molar-refractivity contribution in [2.24, 2.45) is 0 Å². The quantitative estimate of drug-likeness (QED) is 0.895. The van der Waals surface area contributed by atoms with E-state index >= 15 is 0 Å². The maximum absolute atomic E-state index is 5.73. The summed E-state index contributed by atoms with van der Waals surface area (Å²) in [6.07, 6.45) is 1.48. The highest BCUT2D eigenvalue weighted by Crippen LogP contribution is 2.17.